The van der Waals surface area contributed by atoms with E-state index in [9.17, 15) is 0 Å². The van der Waals surface area contributed by atoms with Gasteiger partial charge in [0.2, 0.25) is 0 Å². The van der Waals surface area contributed by atoms with E-state index in [0.717, 1.165) is 25.2 Å². The summed E-state index contributed by atoms with van der Waals surface area (Å²) in [4.78, 5) is 0. The molecule has 0 N–H and O–H groups in total. The number of hydrogen-bond acceptors (Lipinski definition) is 2. The molecular weight excluding hydrogens is 212 g/mol. The molecule has 17 heavy (non-hydrogen) atoms. The molecule has 0 fully saturated rings. The molecular formula is C15H18O2. The summed E-state index contributed by atoms with van der Waals surface area (Å²) >= 11 is 0. The lowest BCUT2D eigenvalue weighted by Gasteiger charge is -2.33. The van der Waals surface area contributed by atoms with E-state index in [1.807, 2.05) is 0 Å². The lowest BCUT2D eigenvalue weighted by molar-refractivity contribution is 0.109. The van der Waals surface area contributed by atoms with Gasteiger partial charge in [-0.1, -0.05) is 31.6 Å². The minimum Gasteiger partial charge on any atom is -0.493 e. The molecule has 2 heteroatoms. The van der Waals surface area contributed by atoms with E-state index in [-0.39, 0.29) is 6.10 Å². The van der Waals surface area contributed by atoms with Gasteiger partial charge in [-0.2, -0.15) is 0 Å². The Balaban J connectivity index is 1.91. The van der Waals surface area contributed by atoms with Crippen LogP contribution in [0.15, 0.2) is 46.8 Å². The van der Waals surface area contributed by atoms with Gasteiger partial charge in [-0.05, 0) is 23.6 Å². The standard InChI is InChI=1S/C15H18O2/c1-2-4-11-8-10-17-15-12(11)6-7-14-13(15)5-3-9-16-14/h3,5-6,8,15H,2,4,7,9-10H2,1H3. The third-order valence-electron chi connectivity index (χ3n) is 3.53. The second-order valence-corrected chi connectivity index (χ2v) is 4.65. The van der Waals surface area contributed by atoms with E-state index in [0.29, 0.717) is 6.61 Å². The molecule has 0 aromatic rings. The van der Waals surface area contributed by atoms with Crippen molar-refractivity contribution in [1.82, 2.24) is 0 Å². The highest BCUT2D eigenvalue weighted by atomic mass is 16.5. The Labute approximate surface area is 102 Å². The highest BCUT2D eigenvalue weighted by Gasteiger charge is 2.30. The highest BCUT2D eigenvalue weighted by molar-refractivity contribution is 5.49. The predicted octanol–water partition coefficient (Wildman–Crippen LogP) is 3.28. The van der Waals surface area contributed by atoms with Crippen molar-refractivity contribution in [3.05, 3.63) is 46.8 Å². The maximum Gasteiger partial charge on any atom is 0.111 e. The van der Waals surface area contributed by atoms with Crippen LogP contribution in [0.4, 0.5) is 0 Å². The van der Waals surface area contributed by atoms with Crippen LogP contribution in [0.2, 0.25) is 0 Å². The normalized spacial score (nSPS) is 26.8. The van der Waals surface area contributed by atoms with Gasteiger partial charge in [-0.15, -0.1) is 0 Å². The van der Waals surface area contributed by atoms with Crippen molar-refractivity contribution in [3.63, 3.8) is 0 Å². The molecule has 0 saturated carbocycles. The Hall–Kier alpha value is -1.28. The fraction of sp³-hybridized carbons (Fsp3) is 0.467. The van der Waals surface area contributed by atoms with Crippen LogP contribution in [-0.2, 0) is 9.47 Å². The molecule has 3 aliphatic rings. The van der Waals surface area contributed by atoms with E-state index < -0.39 is 0 Å². The first kappa shape index (κ1) is 10.8. The van der Waals surface area contributed by atoms with Gasteiger partial charge < -0.3 is 9.47 Å². The fourth-order valence-electron chi connectivity index (χ4n) is 2.75. The summed E-state index contributed by atoms with van der Waals surface area (Å²) in [5.74, 6) is 1.10. The van der Waals surface area contributed by atoms with E-state index >= 15 is 0 Å². The third-order valence-corrected chi connectivity index (χ3v) is 3.53. The van der Waals surface area contributed by atoms with Gasteiger partial charge in [-0.3, -0.25) is 0 Å². The second-order valence-electron chi connectivity index (χ2n) is 4.65. The lowest BCUT2D eigenvalue weighted by atomic mass is 9.85. The summed E-state index contributed by atoms with van der Waals surface area (Å²) in [6, 6.07) is 0. The highest BCUT2D eigenvalue weighted by Crippen LogP contribution is 2.37. The molecule has 0 aromatic carbocycles. The molecule has 1 aliphatic carbocycles. The molecule has 2 nitrogen and oxygen atoms in total. The zero-order valence-electron chi connectivity index (χ0n) is 10.2. The molecule has 1 unspecified atom stereocenters. The number of hydrogen-bond donors (Lipinski definition) is 0. The van der Waals surface area contributed by atoms with E-state index in [2.05, 4.69) is 31.2 Å². The Morgan fingerprint density at radius 3 is 3.12 bits per heavy atom. The summed E-state index contributed by atoms with van der Waals surface area (Å²) in [5, 5.41) is 0. The van der Waals surface area contributed by atoms with Gasteiger partial charge >= 0.3 is 0 Å². The molecule has 0 amide bonds. The third kappa shape index (κ3) is 1.87. The van der Waals surface area contributed by atoms with Gasteiger partial charge in [0.15, 0.2) is 0 Å². The van der Waals surface area contributed by atoms with Gasteiger partial charge in [0, 0.05) is 12.0 Å². The first-order chi connectivity index (χ1) is 8.40. The van der Waals surface area contributed by atoms with Crippen molar-refractivity contribution in [2.75, 3.05) is 13.2 Å². The Morgan fingerprint density at radius 2 is 2.24 bits per heavy atom. The summed E-state index contributed by atoms with van der Waals surface area (Å²) in [7, 11) is 0. The molecule has 90 valence electrons. The Bertz CT molecular complexity index is 438. The van der Waals surface area contributed by atoms with Gasteiger partial charge in [0.05, 0.1) is 6.61 Å². The molecule has 0 aromatic heterocycles. The van der Waals surface area contributed by atoms with Crippen LogP contribution in [0.5, 0.6) is 0 Å². The van der Waals surface area contributed by atoms with Crippen LogP contribution < -0.4 is 0 Å². The van der Waals surface area contributed by atoms with E-state index in [1.54, 1.807) is 0 Å². The Kier molecular flexibility index (Phi) is 2.89. The van der Waals surface area contributed by atoms with Crippen LogP contribution in [0.1, 0.15) is 26.2 Å². The number of allylic oxidation sites excluding steroid dienone is 1. The topological polar surface area (TPSA) is 18.5 Å². The van der Waals surface area contributed by atoms with E-state index in [4.69, 9.17) is 9.47 Å². The Morgan fingerprint density at radius 1 is 1.29 bits per heavy atom. The molecule has 3 rings (SSSR count). The van der Waals surface area contributed by atoms with Crippen LogP contribution in [-0.4, -0.2) is 19.3 Å². The molecule has 1 atom stereocenters. The largest absolute Gasteiger partial charge is 0.493 e. The fourth-order valence-corrected chi connectivity index (χ4v) is 2.75. The van der Waals surface area contributed by atoms with E-state index in [1.165, 1.54) is 23.1 Å². The average molecular weight is 230 g/mol. The monoisotopic (exact) mass is 230 g/mol. The van der Waals surface area contributed by atoms with Crippen LogP contribution in [0.3, 0.4) is 0 Å². The summed E-state index contributed by atoms with van der Waals surface area (Å²) in [5.41, 5.74) is 4.07. The lowest BCUT2D eigenvalue weighted by Crippen LogP contribution is -2.28. The zero-order chi connectivity index (χ0) is 11.7. The first-order valence-corrected chi connectivity index (χ1v) is 6.43. The number of ether oxygens (including phenoxy) is 2. The maximum atomic E-state index is 5.89. The van der Waals surface area contributed by atoms with Gasteiger partial charge in [0.1, 0.15) is 18.5 Å². The van der Waals surface area contributed by atoms with Gasteiger partial charge in [0.25, 0.3) is 0 Å². The van der Waals surface area contributed by atoms with Crippen LogP contribution in [0.25, 0.3) is 0 Å². The summed E-state index contributed by atoms with van der Waals surface area (Å²) in [6.45, 7) is 3.65. The predicted molar refractivity (Wildman–Crippen MR) is 67.5 cm³/mol. The van der Waals surface area contributed by atoms with Crippen molar-refractivity contribution in [1.29, 1.82) is 0 Å². The molecule has 2 heterocycles. The van der Waals surface area contributed by atoms with Crippen molar-refractivity contribution < 1.29 is 9.47 Å². The molecule has 0 bridgehead atoms. The van der Waals surface area contributed by atoms with Crippen LogP contribution >= 0.6 is 0 Å². The first-order valence-electron chi connectivity index (χ1n) is 6.43. The van der Waals surface area contributed by atoms with Gasteiger partial charge in [-0.25, -0.2) is 0 Å². The molecule has 2 aliphatic heterocycles. The maximum absolute atomic E-state index is 5.89. The minimum absolute atomic E-state index is 0.113. The minimum atomic E-state index is 0.113. The smallest absolute Gasteiger partial charge is 0.111 e. The number of fused-ring (bicyclic) bond motifs is 2. The van der Waals surface area contributed by atoms with Crippen molar-refractivity contribution >= 4 is 0 Å². The number of rotatable bonds is 2. The van der Waals surface area contributed by atoms with Crippen molar-refractivity contribution in [2.45, 2.75) is 32.3 Å². The molecule has 0 spiro atoms. The summed E-state index contributed by atoms with van der Waals surface area (Å²) in [6.07, 6.45) is 12.1. The van der Waals surface area contributed by atoms with Crippen LogP contribution in [0, 0.1) is 0 Å². The summed E-state index contributed by atoms with van der Waals surface area (Å²) < 4.78 is 11.6. The van der Waals surface area contributed by atoms with Crippen molar-refractivity contribution in [2.24, 2.45) is 0 Å². The molecule has 0 saturated heterocycles. The SMILES string of the molecule is CCCC1=CCOC2C1=CCC1=C2C=CCO1. The average Bonchev–Trinajstić information content (AvgIpc) is 2.39. The quantitative estimate of drug-likeness (QED) is 0.724. The van der Waals surface area contributed by atoms with Crippen molar-refractivity contribution in [3.8, 4) is 0 Å². The zero-order valence-corrected chi connectivity index (χ0v) is 10.2. The molecule has 0 radical (unpaired) electrons. The second kappa shape index (κ2) is 4.53.